The average Bonchev–Trinajstić information content (AvgIpc) is 3.74. The normalized spacial score (nSPS) is 14.9. The molecule has 6 rings (SSSR count). The highest BCUT2D eigenvalue weighted by atomic mass is 35.5. The van der Waals surface area contributed by atoms with Gasteiger partial charge >= 0.3 is 0 Å². The zero-order valence-electron chi connectivity index (χ0n) is 24.0. The fourth-order valence-corrected chi connectivity index (χ4v) is 5.27. The predicted octanol–water partition coefficient (Wildman–Crippen LogP) is 2.87. The Morgan fingerprint density at radius 3 is 1.39 bits per heavy atom. The standard InChI is InChI=1S/2C14H16ClN5O2/c2*15-12-7-3-2-6-11(12)14-16-17-18-20(14)22-10-13(21)19-8-4-1-5-9-19/h2*2-3,6-7H,1,4-5,8-10H2. The number of hydrogen-bond acceptors (Lipinski definition) is 10. The van der Waals surface area contributed by atoms with Crippen molar-refractivity contribution in [1.82, 2.24) is 50.5 Å². The van der Waals surface area contributed by atoms with Gasteiger partial charge in [0.05, 0.1) is 10.0 Å². The zero-order chi connectivity index (χ0) is 30.7. The maximum Gasteiger partial charge on any atom is 0.263 e. The Labute approximate surface area is 263 Å². The molecule has 2 aliphatic heterocycles. The zero-order valence-corrected chi connectivity index (χ0v) is 25.5. The molecule has 0 radical (unpaired) electrons. The minimum atomic E-state index is -0.0947. The predicted molar refractivity (Wildman–Crippen MR) is 160 cm³/mol. The van der Waals surface area contributed by atoms with Crippen LogP contribution in [0, 0.1) is 0 Å². The second-order valence-corrected chi connectivity index (χ2v) is 11.0. The number of nitrogens with zero attached hydrogens (tertiary/aromatic N) is 10. The molecule has 0 unspecified atom stereocenters. The van der Waals surface area contributed by atoms with Gasteiger partial charge in [0.25, 0.3) is 11.8 Å². The van der Waals surface area contributed by atoms with Gasteiger partial charge in [0, 0.05) is 37.3 Å². The molecule has 2 fully saturated rings. The van der Waals surface area contributed by atoms with Crippen molar-refractivity contribution >= 4 is 35.0 Å². The molecule has 2 amide bonds. The lowest BCUT2D eigenvalue weighted by atomic mass is 10.1. The molecule has 4 aromatic rings. The van der Waals surface area contributed by atoms with Crippen LogP contribution in [0.4, 0.5) is 0 Å². The first kappa shape index (κ1) is 31.1. The molecule has 2 saturated heterocycles. The van der Waals surface area contributed by atoms with E-state index >= 15 is 0 Å². The molecule has 0 bridgehead atoms. The molecule has 232 valence electrons. The van der Waals surface area contributed by atoms with E-state index < -0.39 is 0 Å². The third kappa shape index (κ3) is 7.99. The molecule has 2 aliphatic rings. The molecule has 14 nitrogen and oxygen atoms in total. The second-order valence-electron chi connectivity index (χ2n) is 10.1. The Kier molecular flexibility index (Phi) is 10.9. The first-order valence-electron chi connectivity index (χ1n) is 14.4. The quantitative estimate of drug-likeness (QED) is 0.281. The Morgan fingerprint density at radius 2 is 1.00 bits per heavy atom. The SMILES string of the molecule is O=C(COn1nnnc1-c1ccccc1Cl)N1CCCCC1.O=C(COn1nnnc1-c1ccccc1Cl)N1CCCCC1. The number of carbonyl (C=O) groups is 2. The van der Waals surface area contributed by atoms with Crippen LogP contribution in [0.25, 0.3) is 22.8 Å². The van der Waals surface area contributed by atoms with E-state index in [1.54, 1.807) is 24.3 Å². The number of amides is 2. The van der Waals surface area contributed by atoms with Crippen LogP contribution < -0.4 is 9.68 Å². The molecule has 0 aliphatic carbocycles. The number of carbonyl (C=O) groups excluding carboxylic acids is 2. The van der Waals surface area contributed by atoms with Gasteiger partial charge in [-0.1, -0.05) is 57.2 Å². The maximum atomic E-state index is 12.1. The molecule has 44 heavy (non-hydrogen) atoms. The van der Waals surface area contributed by atoms with Crippen molar-refractivity contribution in [2.75, 3.05) is 39.4 Å². The summed E-state index contributed by atoms with van der Waals surface area (Å²) in [7, 11) is 0. The molecule has 4 heterocycles. The van der Waals surface area contributed by atoms with Crippen molar-refractivity contribution in [1.29, 1.82) is 0 Å². The van der Waals surface area contributed by atoms with Crippen LogP contribution in [-0.4, -0.2) is 102 Å². The Hall–Kier alpha value is -4.30. The molecule has 0 saturated carbocycles. The van der Waals surface area contributed by atoms with Crippen LogP contribution >= 0.6 is 23.2 Å². The number of likely N-dealkylation sites (tertiary alicyclic amines) is 2. The van der Waals surface area contributed by atoms with Crippen LogP contribution in [0.1, 0.15) is 38.5 Å². The highest BCUT2D eigenvalue weighted by Gasteiger charge is 2.20. The lowest BCUT2D eigenvalue weighted by Gasteiger charge is -2.26. The third-order valence-electron chi connectivity index (χ3n) is 7.15. The van der Waals surface area contributed by atoms with E-state index in [0.717, 1.165) is 61.6 Å². The van der Waals surface area contributed by atoms with Crippen molar-refractivity contribution in [2.24, 2.45) is 0 Å². The van der Waals surface area contributed by atoms with Gasteiger partial charge in [-0.3, -0.25) is 9.59 Å². The number of halogens is 2. The smallest absolute Gasteiger partial charge is 0.263 e. The van der Waals surface area contributed by atoms with Crippen molar-refractivity contribution in [3.05, 3.63) is 58.6 Å². The Balaban J connectivity index is 0.000000175. The monoisotopic (exact) mass is 642 g/mol. The Bertz CT molecular complexity index is 1420. The number of piperidine rings is 2. The highest BCUT2D eigenvalue weighted by Crippen LogP contribution is 2.25. The molecule has 2 aromatic carbocycles. The first-order chi connectivity index (χ1) is 21.5. The summed E-state index contributed by atoms with van der Waals surface area (Å²) in [6, 6.07) is 14.4. The second kappa shape index (κ2) is 15.4. The number of benzene rings is 2. The largest absolute Gasteiger partial charge is 0.384 e. The number of hydrogen-bond donors (Lipinski definition) is 0. The molecule has 0 spiro atoms. The minimum absolute atomic E-state index is 0.0553. The highest BCUT2D eigenvalue weighted by molar-refractivity contribution is 6.33. The lowest BCUT2D eigenvalue weighted by molar-refractivity contribution is -0.138. The molecule has 2 aromatic heterocycles. The summed E-state index contributed by atoms with van der Waals surface area (Å²) in [5.74, 6) is 0.634. The summed E-state index contributed by atoms with van der Waals surface area (Å²) in [5, 5.41) is 23.5. The molecule has 16 heteroatoms. The average molecular weight is 644 g/mol. The van der Waals surface area contributed by atoms with Gasteiger partial charge in [-0.05, 0) is 83.6 Å². The number of rotatable bonds is 8. The van der Waals surface area contributed by atoms with Crippen molar-refractivity contribution in [3.8, 4) is 22.8 Å². The van der Waals surface area contributed by atoms with E-state index in [4.69, 9.17) is 32.9 Å². The fraction of sp³-hybridized carbons (Fsp3) is 0.429. The number of aromatic nitrogens is 8. The van der Waals surface area contributed by atoms with E-state index in [1.165, 1.54) is 12.8 Å². The summed E-state index contributed by atoms with van der Waals surface area (Å²) >= 11 is 12.3. The third-order valence-corrected chi connectivity index (χ3v) is 7.81. The van der Waals surface area contributed by atoms with Crippen LogP contribution in [0.5, 0.6) is 0 Å². The molecule has 0 atom stereocenters. The van der Waals surface area contributed by atoms with Gasteiger partial charge in [0.15, 0.2) is 13.2 Å². The van der Waals surface area contributed by atoms with E-state index in [-0.39, 0.29) is 25.0 Å². The van der Waals surface area contributed by atoms with Gasteiger partial charge in [-0.15, -0.1) is 10.2 Å². The van der Waals surface area contributed by atoms with Crippen molar-refractivity contribution in [2.45, 2.75) is 38.5 Å². The molecule has 0 N–H and O–H groups in total. The van der Waals surface area contributed by atoms with Crippen LogP contribution in [-0.2, 0) is 9.59 Å². The van der Waals surface area contributed by atoms with Crippen molar-refractivity contribution < 1.29 is 19.3 Å². The van der Waals surface area contributed by atoms with Gasteiger partial charge < -0.3 is 19.5 Å². The number of tetrazole rings is 2. The molecular formula is C28H32Cl2N10O4. The van der Waals surface area contributed by atoms with Gasteiger partial charge in [0.1, 0.15) is 0 Å². The van der Waals surface area contributed by atoms with Crippen LogP contribution in [0.3, 0.4) is 0 Å². The first-order valence-corrected chi connectivity index (χ1v) is 15.2. The van der Waals surface area contributed by atoms with Crippen molar-refractivity contribution in [3.63, 3.8) is 0 Å². The van der Waals surface area contributed by atoms with E-state index in [1.807, 2.05) is 34.1 Å². The van der Waals surface area contributed by atoms with E-state index in [2.05, 4.69) is 31.1 Å². The van der Waals surface area contributed by atoms with Crippen LogP contribution in [0.2, 0.25) is 10.0 Å². The van der Waals surface area contributed by atoms with Gasteiger partial charge in [-0.25, -0.2) is 0 Å². The topological polar surface area (TPSA) is 146 Å². The fourth-order valence-electron chi connectivity index (χ4n) is 4.83. The van der Waals surface area contributed by atoms with Gasteiger partial charge in [0.2, 0.25) is 11.6 Å². The summed E-state index contributed by atoms with van der Waals surface area (Å²) in [6.45, 7) is 2.96. The van der Waals surface area contributed by atoms with Crippen LogP contribution in [0.15, 0.2) is 48.5 Å². The Morgan fingerprint density at radius 1 is 0.614 bits per heavy atom. The van der Waals surface area contributed by atoms with Gasteiger partial charge in [-0.2, -0.15) is 0 Å². The molecular weight excluding hydrogens is 611 g/mol. The maximum absolute atomic E-state index is 12.1. The minimum Gasteiger partial charge on any atom is -0.384 e. The van der Waals surface area contributed by atoms with E-state index in [9.17, 15) is 9.59 Å². The summed E-state index contributed by atoms with van der Waals surface area (Å²) in [5.41, 5.74) is 1.30. The summed E-state index contributed by atoms with van der Waals surface area (Å²) < 4.78 is 0. The summed E-state index contributed by atoms with van der Waals surface area (Å²) in [4.78, 5) is 41.0. The summed E-state index contributed by atoms with van der Waals surface area (Å²) in [6.07, 6.45) is 6.52. The lowest BCUT2D eigenvalue weighted by Crippen LogP contribution is -2.40. The van der Waals surface area contributed by atoms with E-state index in [0.29, 0.717) is 32.8 Å².